The monoisotopic (exact) mass is 358 g/mol. The van der Waals surface area contributed by atoms with E-state index >= 15 is 0 Å². The highest BCUT2D eigenvalue weighted by atomic mass is 15.5. The van der Waals surface area contributed by atoms with Crippen molar-refractivity contribution >= 4 is 28.9 Å². The second-order valence-electron chi connectivity index (χ2n) is 7.23. The van der Waals surface area contributed by atoms with Crippen LogP contribution in [0.15, 0.2) is 78.4 Å². The summed E-state index contributed by atoms with van der Waals surface area (Å²) in [5, 5.41) is 8.51. The van der Waals surface area contributed by atoms with Crippen LogP contribution in [-0.2, 0) is 5.41 Å². The van der Waals surface area contributed by atoms with Gasteiger partial charge in [-0.1, -0.05) is 95.8 Å². The van der Waals surface area contributed by atoms with Crippen molar-refractivity contribution in [3.05, 3.63) is 84.4 Å². The maximum absolute atomic E-state index is 4.29. The van der Waals surface area contributed by atoms with E-state index in [-0.39, 0.29) is 5.41 Å². The molecule has 0 bridgehead atoms. The number of anilines is 1. The summed E-state index contributed by atoms with van der Waals surface area (Å²) in [6.45, 7) is 18.7. The first-order valence-electron chi connectivity index (χ1n) is 9.46. The molecular formula is C25H30N2. The summed E-state index contributed by atoms with van der Waals surface area (Å²) in [6, 6.07) is 23.0. The highest BCUT2D eigenvalue weighted by Gasteiger charge is 2.22. The maximum Gasteiger partial charge on any atom is 0.0689 e. The van der Waals surface area contributed by atoms with E-state index in [1.807, 2.05) is 37.1 Å². The zero-order valence-corrected chi connectivity index (χ0v) is 17.2. The predicted octanol–water partition coefficient (Wildman–Crippen LogP) is 7.26. The third-order valence-electron chi connectivity index (χ3n) is 4.42. The zero-order valence-electron chi connectivity index (χ0n) is 17.2. The Morgan fingerprint density at radius 1 is 0.852 bits per heavy atom. The predicted molar refractivity (Wildman–Crippen MR) is 122 cm³/mol. The molecule has 0 atom stereocenters. The average molecular weight is 359 g/mol. The molecule has 0 aromatic heterocycles. The Bertz CT molecular complexity index is 932. The number of nitrogens with zero attached hydrogens (tertiary/aromatic N) is 2. The first kappa shape index (κ1) is 20.4. The third-order valence-corrected chi connectivity index (χ3v) is 4.42. The van der Waals surface area contributed by atoms with Gasteiger partial charge in [0.25, 0.3) is 0 Å². The highest BCUT2D eigenvalue weighted by Crippen LogP contribution is 2.35. The van der Waals surface area contributed by atoms with Crippen LogP contribution in [0.2, 0.25) is 0 Å². The number of rotatable bonds is 4. The summed E-state index contributed by atoms with van der Waals surface area (Å²) in [5.41, 5.74) is 4.09. The largest absolute Gasteiger partial charge is 0.234 e. The molecule has 0 saturated heterocycles. The Kier molecular flexibility index (Phi) is 6.57. The van der Waals surface area contributed by atoms with Gasteiger partial charge in [0.15, 0.2) is 0 Å². The molecule has 0 heterocycles. The van der Waals surface area contributed by atoms with E-state index in [1.54, 1.807) is 0 Å². The molecule has 27 heavy (non-hydrogen) atoms. The van der Waals surface area contributed by atoms with Gasteiger partial charge >= 0.3 is 0 Å². The summed E-state index contributed by atoms with van der Waals surface area (Å²) >= 11 is 0. The quantitative estimate of drug-likeness (QED) is 0.354. The average Bonchev–Trinajstić information content (AvgIpc) is 2.69. The molecule has 3 rings (SSSR count). The van der Waals surface area contributed by atoms with Crippen LogP contribution in [0.1, 0.15) is 45.7 Å². The van der Waals surface area contributed by atoms with Gasteiger partial charge in [0.05, 0.1) is 11.4 Å². The van der Waals surface area contributed by atoms with Gasteiger partial charge in [-0.3, -0.25) is 0 Å². The normalized spacial score (nSPS) is 10.7. The molecule has 0 aliphatic carbocycles. The van der Waals surface area contributed by atoms with E-state index in [0.717, 1.165) is 16.9 Å². The Balaban J connectivity index is 0.00000126. The first-order valence-corrected chi connectivity index (χ1v) is 9.46. The van der Waals surface area contributed by atoms with E-state index in [9.17, 15) is 0 Å². The van der Waals surface area contributed by atoms with Gasteiger partial charge in [-0.2, -0.15) is 5.10 Å². The maximum atomic E-state index is 4.29. The van der Waals surface area contributed by atoms with Crippen LogP contribution in [-0.4, -0.2) is 6.72 Å². The highest BCUT2D eigenvalue weighted by molar-refractivity contribution is 5.88. The molecule has 0 unspecified atom stereocenters. The van der Waals surface area contributed by atoms with E-state index < -0.39 is 0 Å². The minimum absolute atomic E-state index is 0.00317. The summed E-state index contributed by atoms with van der Waals surface area (Å²) in [4.78, 5) is 0. The fourth-order valence-electron chi connectivity index (χ4n) is 3.09. The molecule has 140 valence electrons. The van der Waals surface area contributed by atoms with E-state index in [1.165, 1.54) is 16.3 Å². The van der Waals surface area contributed by atoms with Crippen molar-refractivity contribution < 1.29 is 0 Å². The smallest absolute Gasteiger partial charge is 0.0689 e. The molecule has 0 aliphatic rings. The minimum Gasteiger partial charge on any atom is -0.234 e. The summed E-state index contributed by atoms with van der Waals surface area (Å²) < 4.78 is 0. The van der Waals surface area contributed by atoms with Crippen molar-refractivity contribution in [2.75, 3.05) is 5.01 Å². The SMILES string of the molecule is C=NN(C(=C)c1ccc2ccccc2c1)c1ccccc1C(C)(C)C.CC. The van der Waals surface area contributed by atoms with Gasteiger partial charge in [0.2, 0.25) is 0 Å². The topological polar surface area (TPSA) is 15.6 Å². The molecular weight excluding hydrogens is 328 g/mol. The summed E-state index contributed by atoms with van der Waals surface area (Å²) in [6.07, 6.45) is 0. The molecule has 0 amide bonds. The molecule has 0 fully saturated rings. The van der Waals surface area contributed by atoms with Gasteiger partial charge in [-0.15, -0.1) is 0 Å². The summed E-state index contributed by atoms with van der Waals surface area (Å²) in [5.74, 6) is 0. The molecule has 2 nitrogen and oxygen atoms in total. The van der Waals surface area contributed by atoms with Crippen molar-refractivity contribution in [1.82, 2.24) is 0 Å². The molecule has 0 saturated carbocycles. The van der Waals surface area contributed by atoms with Crippen LogP contribution in [0, 0.1) is 0 Å². The van der Waals surface area contributed by atoms with Crippen molar-refractivity contribution in [3.63, 3.8) is 0 Å². The first-order chi connectivity index (χ1) is 12.9. The van der Waals surface area contributed by atoms with Crippen molar-refractivity contribution in [1.29, 1.82) is 0 Å². The lowest BCUT2D eigenvalue weighted by Gasteiger charge is -2.29. The van der Waals surface area contributed by atoms with Crippen LogP contribution in [0.4, 0.5) is 5.69 Å². The van der Waals surface area contributed by atoms with Crippen LogP contribution >= 0.6 is 0 Å². The fourth-order valence-corrected chi connectivity index (χ4v) is 3.09. The lowest BCUT2D eigenvalue weighted by Crippen LogP contribution is -2.20. The lowest BCUT2D eigenvalue weighted by molar-refractivity contribution is 0.590. The Morgan fingerprint density at radius 2 is 1.44 bits per heavy atom. The minimum atomic E-state index is 0.00317. The van der Waals surface area contributed by atoms with Crippen LogP contribution < -0.4 is 5.01 Å². The molecule has 0 spiro atoms. The Labute approximate surface area is 163 Å². The molecule has 0 aliphatic heterocycles. The molecule has 3 aromatic carbocycles. The second kappa shape index (κ2) is 8.68. The van der Waals surface area contributed by atoms with Crippen LogP contribution in [0.25, 0.3) is 16.5 Å². The second-order valence-corrected chi connectivity index (χ2v) is 7.23. The van der Waals surface area contributed by atoms with Gasteiger partial charge in [-0.25, -0.2) is 5.01 Å². The third kappa shape index (κ3) is 4.46. The number of para-hydroxylation sites is 1. The Morgan fingerprint density at radius 3 is 2.07 bits per heavy atom. The zero-order chi connectivity index (χ0) is 20.0. The number of fused-ring (bicyclic) bond motifs is 1. The van der Waals surface area contributed by atoms with Gasteiger partial charge in [0, 0.05) is 12.3 Å². The fraction of sp³-hybridized carbons (Fsp3) is 0.240. The van der Waals surface area contributed by atoms with Crippen LogP contribution in [0.3, 0.4) is 0 Å². The summed E-state index contributed by atoms with van der Waals surface area (Å²) in [7, 11) is 0. The number of benzene rings is 3. The van der Waals surface area contributed by atoms with Crippen LogP contribution in [0.5, 0.6) is 0 Å². The molecule has 2 heteroatoms. The van der Waals surface area contributed by atoms with E-state index in [4.69, 9.17) is 0 Å². The molecule has 0 N–H and O–H groups in total. The van der Waals surface area contributed by atoms with Crippen molar-refractivity contribution in [2.45, 2.75) is 40.0 Å². The van der Waals surface area contributed by atoms with Crippen molar-refractivity contribution in [3.8, 4) is 0 Å². The molecule has 0 radical (unpaired) electrons. The van der Waals surface area contributed by atoms with E-state index in [0.29, 0.717) is 0 Å². The van der Waals surface area contributed by atoms with Gasteiger partial charge in [0.1, 0.15) is 0 Å². The lowest BCUT2D eigenvalue weighted by atomic mass is 9.85. The van der Waals surface area contributed by atoms with Crippen molar-refractivity contribution in [2.24, 2.45) is 5.10 Å². The van der Waals surface area contributed by atoms with Gasteiger partial charge in [-0.05, 0) is 33.9 Å². The number of hydrogen-bond acceptors (Lipinski definition) is 2. The molecule has 3 aromatic rings. The van der Waals surface area contributed by atoms with Gasteiger partial charge < -0.3 is 0 Å². The van der Waals surface area contributed by atoms with E-state index in [2.05, 4.69) is 87.7 Å². The number of hydrazone groups is 1. The standard InChI is InChI=1S/C23H24N2.C2H6/c1-17(19-15-14-18-10-6-7-11-20(18)16-19)25(24-5)22-13-9-8-12-21(22)23(2,3)4;1-2/h6-16H,1,5H2,2-4H3;1-2H3. The number of hydrogen-bond donors (Lipinski definition) is 0. The Hall–Kier alpha value is -2.87.